The molecule has 1 aromatic heterocycles. The van der Waals surface area contributed by atoms with Gasteiger partial charge in [-0.25, -0.2) is 13.2 Å². The molecule has 0 amide bonds. The first-order chi connectivity index (χ1) is 15.7. The maximum Gasteiger partial charge on any atom is 0.404 e. The van der Waals surface area contributed by atoms with Crippen molar-refractivity contribution in [1.82, 2.24) is 10.2 Å². The van der Waals surface area contributed by atoms with Crippen molar-refractivity contribution in [2.75, 3.05) is 22.4 Å². The minimum Gasteiger partial charge on any atom is -0.458 e. The molecule has 1 atom stereocenters. The van der Waals surface area contributed by atoms with Gasteiger partial charge in [-0.2, -0.15) is 13.2 Å². The predicted octanol–water partition coefficient (Wildman–Crippen LogP) is 4.59. The number of halogens is 3. The Labute approximate surface area is 198 Å². The lowest BCUT2D eigenvalue weighted by Gasteiger charge is -2.34. The van der Waals surface area contributed by atoms with Crippen molar-refractivity contribution in [3.8, 4) is 0 Å². The minimum absolute atomic E-state index is 0.00830. The fraction of sp³-hybridized carbons (Fsp3) is 0.526. The zero-order valence-corrected chi connectivity index (χ0v) is 20.4. The summed E-state index contributed by atoms with van der Waals surface area (Å²) in [6.07, 6.45) is -3.77. The van der Waals surface area contributed by atoms with Crippen molar-refractivity contribution in [2.45, 2.75) is 51.9 Å². The van der Waals surface area contributed by atoms with E-state index in [1.807, 2.05) is 23.6 Å². The third-order valence-electron chi connectivity index (χ3n) is 4.86. The van der Waals surface area contributed by atoms with Gasteiger partial charge in [0.05, 0.1) is 11.8 Å². The molecule has 0 fully saturated rings. The van der Waals surface area contributed by atoms with Crippen LogP contribution < -0.4 is 9.62 Å². The molecule has 1 aliphatic heterocycles. The molecule has 1 aliphatic rings. The van der Waals surface area contributed by atoms with E-state index in [0.29, 0.717) is 12.1 Å². The summed E-state index contributed by atoms with van der Waals surface area (Å²) in [7, 11) is -2.94. The van der Waals surface area contributed by atoms with Crippen LogP contribution in [0.4, 0.5) is 35.4 Å². The number of azo groups is 1. The average Bonchev–Trinajstić information content (AvgIpc) is 3.16. The Morgan fingerprint density at radius 2 is 2.03 bits per heavy atom. The lowest BCUT2D eigenvalue weighted by molar-refractivity contribution is -0.106. The number of hydrogen-bond acceptors (Lipinski definition) is 10. The maximum atomic E-state index is 12.7. The minimum atomic E-state index is -4.92. The molecule has 0 saturated heterocycles. The largest absolute Gasteiger partial charge is 0.458 e. The molecule has 3 rings (SSSR count). The van der Waals surface area contributed by atoms with E-state index in [-0.39, 0.29) is 33.7 Å². The molecule has 15 heteroatoms. The second kappa shape index (κ2) is 9.82. The number of ether oxygens (including phenoxy) is 1. The first-order valence-electron chi connectivity index (χ1n) is 10.2. The van der Waals surface area contributed by atoms with E-state index in [9.17, 15) is 26.4 Å². The van der Waals surface area contributed by atoms with Crippen molar-refractivity contribution >= 4 is 49.5 Å². The Morgan fingerprint density at radius 1 is 1.32 bits per heavy atom. The molecule has 2 aromatic rings. The number of anilines is 2. The fourth-order valence-electron chi connectivity index (χ4n) is 3.23. The summed E-state index contributed by atoms with van der Waals surface area (Å²) < 4.78 is 69.5. The number of aryl methyl sites for hydroxylation is 1. The van der Waals surface area contributed by atoms with Gasteiger partial charge in [0, 0.05) is 18.8 Å². The molecule has 186 valence electrons. The number of sulfonamides is 1. The van der Waals surface area contributed by atoms with Gasteiger partial charge in [-0.1, -0.05) is 11.3 Å². The van der Waals surface area contributed by atoms with Gasteiger partial charge in [-0.3, -0.25) is 4.72 Å². The van der Waals surface area contributed by atoms with E-state index in [2.05, 4.69) is 20.4 Å². The van der Waals surface area contributed by atoms with Gasteiger partial charge in [0.2, 0.25) is 15.0 Å². The quantitative estimate of drug-likeness (QED) is 0.418. The van der Waals surface area contributed by atoms with E-state index in [1.165, 1.54) is 6.07 Å². The van der Waals surface area contributed by atoms with Crippen LogP contribution >= 0.6 is 11.3 Å². The molecule has 0 radical (unpaired) electrons. The second-order valence-electron chi connectivity index (χ2n) is 8.02. The van der Waals surface area contributed by atoms with Crippen LogP contribution in [0.25, 0.3) is 0 Å². The normalized spacial score (nSPS) is 16.7. The molecule has 2 heterocycles. The van der Waals surface area contributed by atoms with Gasteiger partial charge in [-0.15, -0.1) is 20.4 Å². The standard InChI is InChI=1S/C19H23F3N6O4S2/c1-10(2)32-17(29)16-24-26-18(33-16)25-23-13-7-12-6-5-11(3)28(4)15(12)8-14(13)27-34(30,31)9-19(20,21)22/h7-8,10-11,27H,5-6,9H2,1-4H3. The third-order valence-corrected chi connectivity index (χ3v) is 6.89. The zero-order valence-electron chi connectivity index (χ0n) is 18.8. The maximum absolute atomic E-state index is 12.7. The summed E-state index contributed by atoms with van der Waals surface area (Å²) in [6.45, 7) is 5.34. The number of benzene rings is 1. The molecule has 1 unspecified atom stereocenters. The Kier molecular flexibility index (Phi) is 7.45. The number of esters is 1. The molecular formula is C19H23F3N6O4S2. The number of rotatable bonds is 7. The van der Waals surface area contributed by atoms with Gasteiger partial charge in [-0.05, 0) is 51.3 Å². The number of carbonyl (C=O) groups is 1. The highest BCUT2D eigenvalue weighted by molar-refractivity contribution is 7.92. The van der Waals surface area contributed by atoms with Crippen LogP contribution in [-0.4, -0.2) is 55.7 Å². The highest BCUT2D eigenvalue weighted by Gasteiger charge is 2.36. The van der Waals surface area contributed by atoms with Crippen molar-refractivity contribution < 1.29 is 31.1 Å². The Bertz CT molecular complexity index is 1200. The third kappa shape index (κ3) is 6.62. The van der Waals surface area contributed by atoms with Crippen molar-refractivity contribution in [3.05, 3.63) is 22.7 Å². The van der Waals surface area contributed by atoms with Crippen LogP contribution in [0.1, 0.15) is 42.6 Å². The number of alkyl halides is 3. The number of aromatic nitrogens is 2. The van der Waals surface area contributed by atoms with E-state index >= 15 is 0 Å². The lowest BCUT2D eigenvalue weighted by Crippen LogP contribution is -2.33. The van der Waals surface area contributed by atoms with Crippen LogP contribution in [0.2, 0.25) is 0 Å². The average molecular weight is 521 g/mol. The molecular weight excluding hydrogens is 497 g/mol. The van der Waals surface area contributed by atoms with Crippen LogP contribution in [0.15, 0.2) is 22.4 Å². The van der Waals surface area contributed by atoms with Crippen molar-refractivity contribution in [3.63, 3.8) is 0 Å². The Morgan fingerprint density at radius 3 is 2.68 bits per heavy atom. The fourth-order valence-corrected chi connectivity index (χ4v) is 4.78. The Hall–Kier alpha value is -2.81. The molecule has 1 N–H and O–H groups in total. The van der Waals surface area contributed by atoms with Gasteiger partial charge >= 0.3 is 12.1 Å². The smallest absolute Gasteiger partial charge is 0.404 e. The van der Waals surface area contributed by atoms with Gasteiger partial charge in [0.1, 0.15) is 5.69 Å². The van der Waals surface area contributed by atoms with E-state index in [0.717, 1.165) is 23.3 Å². The lowest BCUT2D eigenvalue weighted by atomic mass is 9.96. The summed E-state index contributed by atoms with van der Waals surface area (Å²) in [6, 6.07) is 3.17. The number of hydrogen-bond donors (Lipinski definition) is 1. The number of carbonyl (C=O) groups excluding carboxylic acids is 1. The van der Waals surface area contributed by atoms with Gasteiger partial charge in [0.25, 0.3) is 5.13 Å². The molecule has 0 saturated carbocycles. The van der Waals surface area contributed by atoms with E-state index < -0.39 is 27.9 Å². The first-order valence-corrected chi connectivity index (χ1v) is 12.6. The van der Waals surface area contributed by atoms with Crippen LogP contribution in [-0.2, 0) is 21.2 Å². The summed E-state index contributed by atoms with van der Waals surface area (Å²) in [5.41, 5.74) is 1.37. The van der Waals surface area contributed by atoms with Crippen LogP contribution in [0.3, 0.4) is 0 Å². The monoisotopic (exact) mass is 520 g/mol. The number of fused-ring (bicyclic) bond motifs is 1. The van der Waals surface area contributed by atoms with E-state index in [1.54, 1.807) is 19.9 Å². The SMILES string of the molecule is CC(C)OC(=O)c1nnc(N=Nc2cc3c(cc2NS(=O)(=O)CC(F)(F)F)N(C)C(C)CC3)s1. The van der Waals surface area contributed by atoms with Gasteiger partial charge in [0.15, 0.2) is 5.75 Å². The van der Waals surface area contributed by atoms with E-state index in [4.69, 9.17) is 4.74 Å². The highest BCUT2D eigenvalue weighted by atomic mass is 32.2. The molecule has 0 spiro atoms. The van der Waals surface area contributed by atoms with Crippen molar-refractivity contribution in [2.24, 2.45) is 10.2 Å². The number of nitrogens with one attached hydrogen (secondary N) is 1. The van der Waals surface area contributed by atoms with Gasteiger partial charge < -0.3 is 9.64 Å². The van der Waals surface area contributed by atoms with Crippen LogP contribution in [0, 0.1) is 0 Å². The summed E-state index contributed by atoms with van der Waals surface area (Å²) in [4.78, 5) is 13.8. The van der Waals surface area contributed by atoms with Crippen LogP contribution in [0.5, 0.6) is 0 Å². The summed E-state index contributed by atoms with van der Waals surface area (Å²) >= 11 is 0.806. The molecule has 34 heavy (non-hydrogen) atoms. The summed E-state index contributed by atoms with van der Waals surface area (Å²) in [5, 5.41) is 15.3. The molecule has 10 nitrogen and oxygen atoms in total. The molecule has 0 aliphatic carbocycles. The zero-order chi connectivity index (χ0) is 25.3. The second-order valence-corrected chi connectivity index (χ2v) is 10.7. The highest BCUT2D eigenvalue weighted by Crippen LogP contribution is 2.39. The number of nitrogens with zero attached hydrogens (tertiary/aromatic N) is 5. The Balaban J connectivity index is 1.96. The first kappa shape index (κ1) is 25.8. The summed E-state index contributed by atoms with van der Waals surface area (Å²) in [5.74, 6) is -2.72. The molecule has 1 aromatic carbocycles. The van der Waals surface area contributed by atoms with Crippen molar-refractivity contribution in [1.29, 1.82) is 0 Å². The molecule has 0 bridgehead atoms. The topological polar surface area (TPSA) is 126 Å². The predicted molar refractivity (Wildman–Crippen MR) is 121 cm³/mol.